The molecule has 28 heavy (non-hydrogen) atoms. The molecule has 150 valence electrons. The van der Waals surface area contributed by atoms with Crippen molar-refractivity contribution in [1.29, 1.82) is 0 Å². The van der Waals surface area contributed by atoms with Gasteiger partial charge >= 0.3 is 0 Å². The lowest BCUT2D eigenvalue weighted by Crippen LogP contribution is -2.42. The van der Waals surface area contributed by atoms with Crippen LogP contribution in [0.15, 0.2) is 47.4 Å². The first kappa shape index (κ1) is 21.4. The maximum Gasteiger partial charge on any atom is 0.272 e. The highest BCUT2D eigenvalue weighted by Crippen LogP contribution is 2.15. The minimum absolute atomic E-state index is 0.0312. The van der Waals surface area contributed by atoms with Crippen LogP contribution in [0.2, 0.25) is 0 Å². The zero-order chi connectivity index (χ0) is 20.7. The molecular formula is C17H16F3N3O4S. The molecule has 0 unspecified atom stereocenters. The number of hydrogen-bond donors (Lipinski definition) is 3. The number of rotatable bonds is 7. The Morgan fingerprint density at radius 3 is 2.32 bits per heavy atom. The van der Waals surface area contributed by atoms with Crippen LogP contribution in [-0.2, 0) is 14.8 Å². The van der Waals surface area contributed by atoms with Crippen molar-refractivity contribution in [1.82, 2.24) is 15.6 Å². The van der Waals surface area contributed by atoms with E-state index >= 15 is 0 Å². The number of carbonyl (C=O) groups is 2. The summed E-state index contributed by atoms with van der Waals surface area (Å²) in [7, 11) is -4.21. The van der Waals surface area contributed by atoms with Gasteiger partial charge in [-0.05, 0) is 30.7 Å². The van der Waals surface area contributed by atoms with Crippen LogP contribution < -0.4 is 15.6 Å². The molecule has 3 N–H and O–H groups in total. The predicted molar refractivity (Wildman–Crippen MR) is 92.8 cm³/mol. The zero-order valence-corrected chi connectivity index (χ0v) is 15.2. The first-order chi connectivity index (χ1) is 13.2. The van der Waals surface area contributed by atoms with Gasteiger partial charge in [-0.15, -0.1) is 0 Å². The summed E-state index contributed by atoms with van der Waals surface area (Å²) in [4.78, 5) is 22.7. The molecule has 0 bridgehead atoms. The second kappa shape index (κ2) is 9.33. The van der Waals surface area contributed by atoms with E-state index in [0.29, 0.717) is 6.07 Å². The van der Waals surface area contributed by atoms with Gasteiger partial charge in [-0.25, -0.2) is 26.3 Å². The molecule has 2 amide bonds. The highest BCUT2D eigenvalue weighted by molar-refractivity contribution is 7.89. The first-order valence-electron chi connectivity index (χ1n) is 7.99. The topological polar surface area (TPSA) is 104 Å². The molecule has 0 aliphatic rings. The quantitative estimate of drug-likeness (QED) is 0.472. The molecule has 0 heterocycles. The summed E-state index contributed by atoms with van der Waals surface area (Å²) < 4.78 is 65.8. The molecule has 7 nitrogen and oxygen atoms in total. The van der Waals surface area contributed by atoms with Gasteiger partial charge in [0.25, 0.3) is 5.91 Å². The number of benzene rings is 2. The average molecular weight is 415 g/mol. The van der Waals surface area contributed by atoms with E-state index in [1.54, 1.807) is 0 Å². The molecule has 0 saturated heterocycles. The van der Waals surface area contributed by atoms with Gasteiger partial charge in [-0.1, -0.05) is 12.1 Å². The Kier molecular flexibility index (Phi) is 7.12. The predicted octanol–water partition coefficient (Wildman–Crippen LogP) is 1.62. The fraction of sp³-hybridized carbons (Fsp3) is 0.176. The van der Waals surface area contributed by atoms with Crippen molar-refractivity contribution < 1.29 is 31.2 Å². The Bertz CT molecular complexity index is 983. The van der Waals surface area contributed by atoms with E-state index < -0.39 is 44.2 Å². The Balaban J connectivity index is 1.76. The summed E-state index contributed by atoms with van der Waals surface area (Å²) in [6.07, 6.45) is -0.143. The molecule has 11 heteroatoms. The number of sulfonamides is 1. The van der Waals surface area contributed by atoms with Crippen molar-refractivity contribution in [3.8, 4) is 0 Å². The molecule has 0 aliphatic heterocycles. The van der Waals surface area contributed by atoms with E-state index in [1.165, 1.54) is 18.2 Å². The molecule has 0 radical (unpaired) electrons. The summed E-state index contributed by atoms with van der Waals surface area (Å²) in [5.74, 6) is -4.39. The van der Waals surface area contributed by atoms with Crippen LogP contribution in [0, 0.1) is 17.5 Å². The Morgan fingerprint density at radius 2 is 1.64 bits per heavy atom. The second-order valence-corrected chi connectivity index (χ2v) is 7.29. The third-order valence-electron chi connectivity index (χ3n) is 3.49. The normalized spacial score (nSPS) is 11.1. The van der Waals surface area contributed by atoms with Gasteiger partial charge in [-0.3, -0.25) is 20.4 Å². The molecule has 0 aliphatic carbocycles. The zero-order valence-electron chi connectivity index (χ0n) is 14.3. The van der Waals surface area contributed by atoms with Gasteiger partial charge in [-0.2, -0.15) is 0 Å². The summed E-state index contributed by atoms with van der Waals surface area (Å²) in [6.45, 7) is -0.201. The van der Waals surface area contributed by atoms with Crippen molar-refractivity contribution in [2.45, 2.75) is 17.7 Å². The average Bonchev–Trinajstić information content (AvgIpc) is 2.63. The van der Waals surface area contributed by atoms with E-state index in [1.807, 2.05) is 5.43 Å². The van der Waals surface area contributed by atoms with Crippen LogP contribution >= 0.6 is 0 Å². The molecule has 0 spiro atoms. The molecule has 0 saturated carbocycles. The lowest BCUT2D eigenvalue weighted by Gasteiger charge is -2.09. The molecule has 2 aromatic carbocycles. The molecule has 2 rings (SSSR count). The van der Waals surface area contributed by atoms with Crippen molar-refractivity contribution >= 4 is 21.8 Å². The van der Waals surface area contributed by atoms with Crippen LogP contribution in [0.4, 0.5) is 13.2 Å². The number of amides is 2. The van der Waals surface area contributed by atoms with Crippen LogP contribution in [0.1, 0.15) is 23.2 Å². The number of carbonyl (C=O) groups excluding carboxylic acids is 2. The summed E-state index contributed by atoms with van der Waals surface area (Å²) >= 11 is 0. The third kappa shape index (κ3) is 5.79. The number of hydrazine groups is 1. The lowest BCUT2D eigenvalue weighted by molar-refractivity contribution is -0.121. The minimum atomic E-state index is -4.21. The minimum Gasteiger partial charge on any atom is -0.273 e. The van der Waals surface area contributed by atoms with Crippen LogP contribution in [0.3, 0.4) is 0 Å². The Morgan fingerprint density at radius 1 is 0.929 bits per heavy atom. The number of halogens is 3. The number of hydrogen-bond acceptors (Lipinski definition) is 4. The van der Waals surface area contributed by atoms with Gasteiger partial charge in [0.2, 0.25) is 15.9 Å². The molecule has 2 aromatic rings. The molecule has 0 fully saturated rings. The second-order valence-electron chi connectivity index (χ2n) is 5.56. The van der Waals surface area contributed by atoms with Crippen LogP contribution in [0.5, 0.6) is 0 Å². The first-order valence-corrected chi connectivity index (χ1v) is 9.47. The number of nitrogens with one attached hydrogen (secondary N) is 3. The summed E-state index contributed by atoms with van der Waals surface area (Å²) in [5, 5.41) is 0. The Labute approximate surface area is 159 Å². The van der Waals surface area contributed by atoms with Gasteiger partial charge in [0.05, 0.1) is 5.56 Å². The maximum absolute atomic E-state index is 13.5. The van der Waals surface area contributed by atoms with E-state index in [2.05, 4.69) is 10.1 Å². The maximum atomic E-state index is 13.5. The Hall–Kier alpha value is -2.92. The van der Waals surface area contributed by atoms with Crippen LogP contribution in [0.25, 0.3) is 0 Å². The highest BCUT2D eigenvalue weighted by atomic mass is 32.2. The third-order valence-corrected chi connectivity index (χ3v) is 4.98. The van der Waals surface area contributed by atoms with Crippen molar-refractivity contribution in [2.75, 3.05) is 6.54 Å². The fourth-order valence-corrected chi connectivity index (χ4v) is 3.26. The smallest absolute Gasteiger partial charge is 0.272 e. The molecule has 0 atom stereocenters. The van der Waals surface area contributed by atoms with Crippen molar-refractivity contribution in [2.24, 2.45) is 0 Å². The van der Waals surface area contributed by atoms with Crippen molar-refractivity contribution in [3.05, 3.63) is 65.5 Å². The monoisotopic (exact) mass is 415 g/mol. The van der Waals surface area contributed by atoms with Gasteiger partial charge in [0.1, 0.15) is 22.3 Å². The van der Waals surface area contributed by atoms with E-state index in [4.69, 9.17) is 0 Å². The summed E-state index contributed by atoms with van der Waals surface area (Å²) in [6, 6.07) is 7.23. The fourth-order valence-electron chi connectivity index (χ4n) is 2.13. The van der Waals surface area contributed by atoms with Gasteiger partial charge in [0.15, 0.2) is 0 Å². The largest absolute Gasteiger partial charge is 0.273 e. The molecular weight excluding hydrogens is 399 g/mol. The van der Waals surface area contributed by atoms with E-state index in [-0.39, 0.29) is 24.9 Å². The lowest BCUT2D eigenvalue weighted by atomic mass is 10.2. The van der Waals surface area contributed by atoms with E-state index in [9.17, 15) is 31.2 Å². The van der Waals surface area contributed by atoms with Gasteiger partial charge in [0, 0.05) is 19.0 Å². The molecule has 0 aromatic heterocycles. The summed E-state index contributed by atoms with van der Waals surface area (Å²) in [5.41, 5.74) is 3.85. The SMILES string of the molecule is O=C(CCCNS(=O)(=O)c1ccc(F)cc1F)NNC(=O)c1ccccc1F. The van der Waals surface area contributed by atoms with E-state index in [0.717, 1.165) is 18.2 Å². The standard InChI is InChI=1S/C17H16F3N3O4S/c18-11-7-8-15(14(20)10-11)28(26,27)21-9-3-6-16(24)22-23-17(25)12-4-1-2-5-13(12)19/h1-2,4-5,7-8,10,21H,3,6,9H2,(H,22,24)(H,23,25). The highest BCUT2D eigenvalue weighted by Gasteiger charge is 2.19. The van der Waals surface area contributed by atoms with Crippen molar-refractivity contribution in [3.63, 3.8) is 0 Å². The van der Waals surface area contributed by atoms with Crippen LogP contribution in [-0.4, -0.2) is 26.8 Å². The van der Waals surface area contributed by atoms with Gasteiger partial charge < -0.3 is 0 Å².